The van der Waals surface area contributed by atoms with Crippen LogP contribution in [-0.2, 0) is 22.4 Å². The molecule has 5 rings (SSSR count). The topological polar surface area (TPSA) is 96.0 Å². The van der Waals surface area contributed by atoms with E-state index in [4.69, 9.17) is 4.74 Å². The lowest BCUT2D eigenvalue weighted by Crippen LogP contribution is -2.35. The summed E-state index contributed by atoms with van der Waals surface area (Å²) in [7, 11) is 0. The van der Waals surface area contributed by atoms with Crippen LogP contribution in [0, 0.1) is 0 Å². The number of aromatic amines is 1. The van der Waals surface area contributed by atoms with Gasteiger partial charge in [0, 0.05) is 37.7 Å². The summed E-state index contributed by atoms with van der Waals surface area (Å²) in [6.07, 6.45) is 6.49. The molecule has 1 amide bonds. The average Bonchev–Trinajstić information content (AvgIpc) is 3.07. The monoisotopic (exact) mass is 388 g/mol. The molecule has 3 aliphatic rings. The number of hydrogen-bond acceptors (Lipinski definition) is 7. The second-order valence-corrected chi connectivity index (χ2v) is 8.62. The number of ether oxygens (including phenoxy) is 1. The molecule has 2 aromatic heterocycles. The molecule has 4 heterocycles. The Morgan fingerprint density at radius 3 is 2.96 bits per heavy atom. The fraction of sp³-hybridized carbons (Fsp3) is 0.667. The van der Waals surface area contributed by atoms with Crippen molar-refractivity contribution < 1.29 is 9.53 Å². The van der Waals surface area contributed by atoms with Gasteiger partial charge in [0.1, 0.15) is 11.1 Å². The van der Waals surface area contributed by atoms with E-state index in [0.717, 1.165) is 50.4 Å². The van der Waals surface area contributed by atoms with Crippen LogP contribution in [0.3, 0.4) is 0 Å². The lowest BCUT2D eigenvalue weighted by atomic mass is 10.1. The Labute approximate surface area is 161 Å². The quantitative estimate of drug-likeness (QED) is 0.814. The first-order valence-corrected chi connectivity index (χ1v) is 10.6. The molecule has 9 heteroatoms. The molecule has 1 unspecified atom stereocenters. The third-order valence-electron chi connectivity index (χ3n) is 5.56. The molecular weight excluding hydrogens is 364 g/mol. The summed E-state index contributed by atoms with van der Waals surface area (Å²) >= 11 is 1.42. The highest BCUT2D eigenvalue weighted by Crippen LogP contribution is 2.41. The van der Waals surface area contributed by atoms with Gasteiger partial charge in [-0.2, -0.15) is 5.10 Å². The zero-order chi connectivity index (χ0) is 18.2. The minimum Gasteiger partial charge on any atom is -0.371 e. The molecule has 0 bridgehead atoms. The normalized spacial score (nSPS) is 23.2. The van der Waals surface area contributed by atoms with Crippen LogP contribution in [-0.4, -0.2) is 57.4 Å². The minimum absolute atomic E-state index is 0.0313. The number of carbonyl (C=O) groups excluding carboxylic acids is 1. The third kappa shape index (κ3) is 3.76. The molecule has 27 heavy (non-hydrogen) atoms. The van der Waals surface area contributed by atoms with Crippen molar-refractivity contribution in [1.29, 1.82) is 0 Å². The van der Waals surface area contributed by atoms with Gasteiger partial charge in [-0.15, -0.1) is 10.2 Å². The van der Waals surface area contributed by atoms with Crippen LogP contribution in [0.2, 0.25) is 0 Å². The predicted octanol–water partition coefficient (Wildman–Crippen LogP) is 2.03. The summed E-state index contributed by atoms with van der Waals surface area (Å²) in [6.45, 7) is 2.91. The standard InChI is InChI=1S/C18H24N6O2S/c25-15(19-18-23-22-17(27-18)14-2-1-9-26-14)10-24-7-5-12-13(6-8-24)20-21-16(12)11-3-4-11/h11,14H,1-10H2,(H,20,21)(H,19,23,25). The van der Waals surface area contributed by atoms with Crippen LogP contribution >= 0.6 is 11.3 Å². The second-order valence-electron chi connectivity index (χ2n) is 7.61. The Balaban J connectivity index is 1.16. The zero-order valence-corrected chi connectivity index (χ0v) is 16.1. The number of carbonyl (C=O) groups is 1. The molecule has 2 aromatic rings. The molecular formula is C18H24N6O2S. The van der Waals surface area contributed by atoms with Gasteiger partial charge >= 0.3 is 0 Å². The van der Waals surface area contributed by atoms with Gasteiger partial charge in [-0.05, 0) is 37.7 Å². The number of rotatable bonds is 5. The number of nitrogens with one attached hydrogen (secondary N) is 2. The Hall–Kier alpha value is -1.84. The molecule has 0 radical (unpaired) electrons. The Morgan fingerprint density at radius 2 is 2.15 bits per heavy atom. The molecule has 1 saturated heterocycles. The summed E-state index contributed by atoms with van der Waals surface area (Å²) in [5.74, 6) is 0.631. The van der Waals surface area contributed by atoms with E-state index in [-0.39, 0.29) is 12.0 Å². The van der Waals surface area contributed by atoms with E-state index in [2.05, 4.69) is 30.6 Å². The lowest BCUT2D eigenvalue weighted by molar-refractivity contribution is -0.117. The summed E-state index contributed by atoms with van der Waals surface area (Å²) in [5, 5.41) is 20.3. The van der Waals surface area contributed by atoms with Crippen LogP contribution in [0.25, 0.3) is 0 Å². The van der Waals surface area contributed by atoms with Crippen LogP contribution in [0.1, 0.15) is 59.7 Å². The van der Waals surface area contributed by atoms with Gasteiger partial charge in [-0.25, -0.2) is 0 Å². The minimum atomic E-state index is -0.0313. The van der Waals surface area contributed by atoms with Crippen LogP contribution in [0.5, 0.6) is 0 Å². The molecule has 8 nitrogen and oxygen atoms in total. The number of amides is 1. The number of nitrogens with zero attached hydrogens (tertiary/aromatic N) is 4. The maximum Gasteiger partial charge on any atom is 0.240 e. The van der Waals surface area contributed by atoms with Crippen molar-refractivity contribution in [1.82, 2.24) is 25.3 Å². The first-order chi connectivity index (χ1) is 13.3. The molecule has 2 aliphatic heterocycles. The number of fused-ring (bicyclic) bond motifs is 1. The lowest BCUT2D eigenvalue weighted by Gasteiger charge is -2.18. The van der Waals surface area contributed by atoms with Crippen molar-refractivity contribution in [3.05, 3.63) is 22.0 Å². The van der Waals surface area contributed by atoms with Gasteiger partial charge < -0.3 is 4.74 Å². The van der Waals surface area contributed by atoms with E-state index in [0.29, 0.717) is 17.6 Å². The van der Waals surface area contributed by atoms with Gasteiger partial charge in [0.2, 0.25) is 11.0 Å². The second kappa shape index (κ2) is 7.29. The summed E-state index contributed by atoms with van der Waals surface area (Å²) < 4.78 is 5.63. The van der Waals surface area contributed by atoms with Crippen LogP contribution in [0.15, 0.2) is 0 Å². The highest BCUT2D eigenvalue weighted by Gasteiger charge is 2.31. The maximum atomic E-state index is 12.5. The molecule has 144 valence electrons. The molecule has 1 aliphatic carbocycles. The zero-order valence-electron chi connectivity index (χ0n) is 15.2. The fourth-order valence-electron chi connectivity index (χ4n) is 3.96. The molecule has 1 saturated carbocycles. The van der Waals surface area contributed by atoms with Gasteiger partial charge in [0.05, 0.1) is 12.2 Å². The highest BCUT2D eigenvalue weighted by molar-refractivity contribution is 7.15. The molecule has 0 aromatic carbocycles. The van der Waals surface area contributed by atoms with Crippen LogP contribution < -0.4 is 5.32 Å². The van der Waals surface area contributed by atoms with Crippen molar-refractivity contribution in [2.45, 2.75) is 50.5 Å². The first-order valence-electron chi connectivity index (χ1n) is 9.79. The highest BCUT2D eigenvalue weighted by atomic mass is 32.1. The Morgan fingerprint density at radius 1 is 1.26 bits per heavy atom. The summed E-state index contributed by atoms with van der Waals surface area (Å²) in [5.41, 5.74) is 3.92. The molecule has 1 atom stereocenters. The average molecular weight is 388 g/mol. The Kier molecular flexibility index (Phi) is 4.66. The van der Waals surface area contributed by atoms with E-state index >= 15 is 0 Å². The maximum absolute atomic E-state index is 12.5. The van der Waals surface area contributed by atoms with Crippen molar-refractivity contribution in [2.24, 2.45) is 0 Å². The van der Waals surface area contributed by atoms with E-state index in [1.807, 2.05) is 0 Å². The van der Waals surface area contributed by atoms with Gasteiger partial charge in [-0.3, -0.25) is 20.1 Å². The van der Waals surface area contributed by atoms with Gasteiger partial charge in [0.25, 0.3) is 0 Å². The summed E-state index contributed by atoms with van der Waals surface area (Å²) in [4.78, 5) is 14.7. The van der Waals surface area contributed by atoms with Crippen molar-refractivity contribution in [2.75, 3.05) is 31.6 Å². The fourth-order valence-corrected chi connectivity index (χ4v) is 4.80. The molecule has 2 N–H and O–H groups in total. The van der Waals surface area contributed by atoms with Crippen LogP contribution in [0.4, 0.5) is 5.13 Å². The van der Waals surface area contributed by atoms with E-state index < -0.39 is 0 Å². The van der Waals surface area contributed by atoms with Crippen molar-refractivity contribution in [3.8, 4) is 0 Å². The number of anilines is 1. The SMILES string of the molecule is O=C(CN1CCc2[nH]nc(C3CC3)c2CC1)Nc1nnc(C2CCCO2)s1. The predicted molar refractivity (Wildman–Crippen MR) is 101 cm³/mol. The van der Waals surface area contributed by atoms with E-state index in [1.165, 1.54) is 41.1 Å². The number of H-pyrrole nitrogens is 1. The number of aromatic nitrogens is 4. The molecule has 2 fully saturated rings. The summed E-state index contributed by atoms with van der Waals surface area (Å²) in [6, 6.07) is 0. The van der Waals surface area contributed by atoms with E-state index in [1.54, 1.807) is 0 Å². The van der Waals surface area contributed by atoms with Crippen molar-refractivity contribution in [3.63, 3.8) is 0 Å². The largest absolute Gasteiger partial charge is 0.371 e. The van der Waals surface area contributed by atoms with Gasteiger partial charge in [0.15, 0.2) is 0 Å². The van der Waals surface area contributed by atoms with Crippen molar-refractivity contribution >= 4 is 22.4 Å². The number of hydrogen-bond donors (Lipinski definition) is 2. The Bertz CT molecular complexity index is 824. The first kappa shape index (κ1) is 17.3. The smallest absolute Gasteiger partial charge is 0.240 e. The van der Waals surface area contributed by atoms with Gasteiger partial charge in [-0.1, -0.05) is 11.3 Å². The third-order valence-corrected chi connectivity index (χ3v) is 6.49. The van der Waals surface area contributed by atoms with E-state index in [9.17, 15) is 4.79 Å². The molecule has 0 spiro atoms.